The van der Waals surface area contributed by atoms with Crippen molar-refractivity contribution in [2.24, 2.45) is 5.10 Å². The molecule has 31 heavy (non-hydrogen) atoms. The van der Waals surface area contributed by atoms with E-state index in [1.54, 1.807) is 30.3 Å². The van der Waals surface area contributed by atoms with E-state index in [0.717, 1.165) is 32.1 Å². The SMILES string of the molecule is CCCCCCCn1c(=O)c(C(=O)N/N=C/c2cccc(F)c2)c(O)c2ccccc21. The number of para-hydroxylation sites is 1. The van der Waals surface area contributed by atoms with E-state index in [9.17, 15) is 19.1 Å². The summed E-state index contributed by atoms with van der Waals surface area (Å²) in [7, 11) is 0. The Morgan fingerprint density at radius 2 is 1.90 bits per heavy atom. The molecule has 0 fully saturated rings. The Kier molecular flexibility index (Phi) is 7.54. The van der Waals surface area contributed by atoms with Crippen LogP contribution in [0, 0.1) is 5.82 Å². The summed E-state index contributed by atoms with van der Waals surface area (Å²) in [6.07, 6.45) is 6.40. The summed E-state index contributed by atoms with van der Waals surface area (Å²) in [6, 6.07) is 12.7. The molecular weight excluding hydrogens is 397 g/mol. The van der Waals surface area contributed by atoms with Gasteiger partial charge in [-0.15, -0.1) is 0 Å². The Morgan fingerprint density at radius 1 is 1.13 bits per heavy atom. The molecule has 0 radical (unpaired) electrons. The molecule has 0 saturated heterocycles. The highest BCUT2D eigenvalue weighted by Crippen LogP contribution is 2.26. The zero-order chi connectivity index (χ0) is 22.2. The van der Waals surface area contributed by atoms with Crippen molar-refractivity contribution < 1.29 is 14.3 Å². The number of halogens is 1. The molecule has 3 aromatic rings. The molecule has 0 spiro atoms. The van der Waals surface area contributed by atoms with Gasteiger partial charge in [0.1, 0.15) is 17.1 Å². The van der Waals surface area contributed by atoms with Crippen molar-refractivity contribution in [3.05, 3.63) is 75.8 Å². The lowest BCUT2D eigenvalue weighted by molar-refractivity contribution is 0.0950. The quantitative estimate of drug-likeness (QED) is 0.300. The van der Waals surface area contributed by atoms with Gasteiger partial charge in [0.2, 0.25) is 0 Å². The summed E-state index contributed by atoms with van der Waals surface area (Å²) >= 11 is 0. The number of fused-ring (bicyclic) bond motifs is 1. The summed E-state index contributed by atoms with van der Waals surface area (Å²) in [6.45, 7) is 2.59. The van der Waals surface area contributed by atoms with Crippen molar-refractivity contribution in [3.8, 4) is 5.75 Å². The van der Waals surface area contributed by atoms with E-state index in [0.29, 0.717) is 23.0 Å². The maximum atomic E-state index is 13.3. The molecule has 6 nitrogen and oxygen atoms in total. The highest BCUT2D eigenvalue weighted by molar-refractivity contribution is 6.02. The third kappa shape index (κ3) is 5.36. The standard InChI is InChI=1S/C24H26FN3O3/c1-2-3-4-5-8-14-28-20-13-7-6-12-19(20)22(29)21(24(28)31)23(30)27-26-16-17-10-9-11-18(25)15-17/h6-7,9-13,15-16,29H,2-5,8,14H2,1H3,(H,27,30)/b26-16+. The Hall–Kier alpha value is -3.48. The van der Waals surface area contributed by atoms with E-state index in [1.165, 1.54) is 29.0 Å². The first-order valence-electron chi connectivity index (χ1n) is 10.5. The molecule has 0 aliphatic heterocycles. The first kappa shape index (κ1) is 22.2. The normalized spacial score (nSPS) is 11.3. The highest BCUT2D eigenvalue weighted by atomic mass is 19.1. The molecule has 7 heteroatoms. The van der Waals surface area contributed by atoms with Crippen molar-refractivity contribution in [1.29, 1.82) is 0 Å². The molecule has 0 bridgehead atoms. The van der Waals surface area contributed by atoms with Gasteiger partial charge in [-0.1, -0.05) is 56.9 Å². The molecule has 0 atom stereocenters. The van der Waals surface area contributed by atoms with E-state index in [2.05, 4.69) is 17.5 Å². The zero-order valence-electron chi connectivity index (χ0n) is 17.5. The molecule has 1 aromatic heterocycles. The monoisotopic (exact) mass is 423 g/mol. The molecule has 0 aliphatic rings. The summed E-state index contributed by atoms with van der Waals surface area (Å²) < 4.78 is 14.8. The van der Waals surface area contributed by atoms with Gasteiger partial charge < -0.3 is 9.67 Å². The van der Waals surface area contributed by atoms with Gasteiger partial charge in [-0.05, 0) is 36.2 Å². The summed E-state index contributed by atoms with van der Waals surface area (Å²) in [5.41, 5.74) is 2.37. The van der Waals surface area contributed by atoms with Gasteiger partial charge in [-0.2, -0.15) is 5.10 Å². The zero-order valence-corrected chi connectivity index (χ0v) is 17.5. The van der Waals surface area contributed by atoms with Gasteiger partial charge >= 0.3 is 0 Å². The van der Waals surface area contributed by atoms with E-state index in [1.807, 2.05) is 0 Å². The number of unbranched alkanes of at least 4 members (excludes halogenated alkanes) is 4. The number of carbonyl (C=O) groups excluding carboxylic acids is 1. The molecule has 0 aliphatic carbocycles. The summed E-state index contributed by atoms with van der Waals surface area (Å²) in [4.78, 5) is 25.8. The lowest BCUT2D eigenvalue weighted by Crippen LogP contribution is -2.31. The van der Waals surface area contributed by atoms with Gasteiger partial charge in [0.15, 0.2) is 0 Å². The van der Waals surface area contributed by atoms with Crippen LogP contribution in [0.5, 0.6) is 5.75 Å². The number of hydrogen-bond donors (Lipinski definition) is 2. The summed E-state index contributed by atoms with van der Waals surface area (Å²) in [5, 5.41) is 14.9. The van der Waals surface area contributed by atoms with Crippen LogP contribution in [0.25, 0.3) is 10.9 Å². The van der Waals surface area contributed by atoms with Crippen molar-refractivity contribution in [2.45, 2.75) is 45.6 Å². The molecule has 1 amide bonds. The van der Waals surface area contributed by atoms with E-state index < -0.39 is 17.3 Å². The fourth-order valence-corrected chi connectivity index (χ4v) is 3.50. The molecule has 2 N–H and O–H groups in total. The van der Waals surface area contributed by atoms with Crippen molar-refractivity contribution >= 4 is 23.0 Å². The molecule has 162 valence electrons. The second-order valence-electron chi connectivity index (χ2n) is 7.37. The van der Waals surface area contributed by atoms with Crippen LogP contribution in [0.1, 0.15) is 54.9 Å². The number of pyridine rings is 1. The predicted octanol–water partition coefficient (Wildman–Crippen LogP) is 4.58. The number of aryl methyl sites for hydroxylation is 1. The topological polar surface area (TPSA) is 83.7 Å². The minimum absolute atomic E-state index is 0.358. The van der Waals surface area contributed by atoms with E-state index in [-0.39, 0.29) is 11.3 Å². The third-order valence-corrected chi connectivity index (χ3v) is 5.09. The highest BCUT2D eigenvalue weighted by Gasteiger charge is 2.21. The predicted molar refractivity (Wildman–Crippen MR) is 120 cm³/mol. The maximum absolute atomic E-state index is 13.3. The maximum Gasteiger partial charge on any atom is 0.280 e. The van der Waals surface area contributed by atoms with Gasteiger partial charge in [0.25, 0.3) is 11.5 Å². The Morgan fingerprint density at radius 3 is 2.68 bits per heavy atom. The van der Waals surface area contributed by atoms with Gasteiger partial charge in [-0.25, -0.2) is 9.82 Å². The van der Waals surface area contributed by atoms with Gasteiger partial charge in [-0.3, -0.25) is 9.59 Å². The van der Waals surface area contributed by atoms with E-state index >= 15 is 0 Å². The van der Waals surface area contributed by atoms with Gasteiger partial charge in [0.05, 0.1) is 11.7 Å². The smallest absolute Gasteiger partial charge is 0.280 e. The molecular formula is C24H26FN3O3. The molecule has 2 aromatic carbocycles. The van der Waals surface area contributed by atoms with Crippen molar-refractivity contribution in [2.75, 3.05) is 0 Å². The Balaban J connectivity index is 1.88. The van der Waals surface area contributed by atoms with Crippen LogP contribution in [-0.4, -0.2) is 21.8 Å². The molecule has 0 unspecified atom stereocenters. The van der Waals surface area contributed by atoms with Crippen LogP contribution in [0.4, 0.5) is 4.39 Å². The lowest BCUT2D eigenvalue weighted by Gasteiger charge is -2.14. The second-order valence-corrected chi connectivity index (χ2v) is 7.37. The average molecular weight is 423 g/mol. The van der Waals surface area contributed by atoms with Crippen LogP contribution >= 0.6 is 0 Å². The first-order chi connectivity index (χ1) is 15.0. The second kappa shape index (κ2) is 10.5. The van der Waals surface area contributed by atoms with Crippen LogP contribution in [0.3, 0.4) is 0 Å². The molecule has 1 heterocycles. The van der Waals surface area contributed by atoms with Crippen molar-refractivity contribution in [3.63, 3.8) is 0 Å². The average Bonchev–Trinajstić information content (AvgIpc) is 2.76. The largest absolute Gasteiger partial charge is 0.506 e. The fourth-order valence-electron chi connectivity index (χ4n) is 3.50. The summed E-state index contributed by atoms with van der Waals surface area (Å²) in [5.74, 6) is -1.62. The Labute approximate surface area is 180 Å². The lowest BCUT2D eigenvalue weighted by atomic mass is 10.1. The Bertz CT molecular complexity index is 1150. The number of amides is 1. The van der Waals surface area contributed by atoms with Crippen LogP contribution < -0.4 is 11.0 Å². The van der Waals surface area contributed by atoms with Crippen LogP contribution in [0.2, 0.25) is 0 Å². The third-order valence-electron chi connectivity index (χ3n) is 5.09. The number of carbonyl (C=O) groups is 1. The minimum Gasteiger partial charge on any atom is -0.506 e. The number of aromatic hydroxyl groups is 1. The number of benzene rings is 2. The number of aromatic nitrogens is 1. The number of hydrazone groups is 1. The minimum atomic E-state index is -0.819. The van der Waals surface area contributed by atoms with Crippen LogP contribution in [-0.2, 0) is 6.54 Å². The number of rotatable bonds is 9. The molecule has 0 saturated carbocycles. The fraction of sp³-hybridized carbons (Fsp3) is 0.292. The molecule has 3 rings (SSSR count). The van der Waals surface area contributed by atoms with Crippen molar-refractivity contribution in [1.82, 2.24) is 9.99 Å². The van der Waals surface area contributed by atoms with Gasteiger partial charge in [0, 0.05) is 11.9 Å². The van der Waals surface area contributed by atoms with Crippen LogP contribution in [0.15, 0.2) is 58.4 Å². The number of nitrogens with zero attached hydrogens (tertiary/aromatic N) is 2. The number of hydrogen-bond acceptors (Lipinski definition) is 4. The van der Waals surface area contributed by atoms with E-state index in [4.69, 9.17) is 0 Å². The first-order valence-corrected chi connectivity index (χ1v) is 10.5. The number of nitrogens with one attached hydrogen (secondary N) is 1.